The summed E-state index contributed by atoms with van der Waals surface area (Å²) in [5.41, 5.74) is 1.90. The van der Waals surface area contributed by atoms with Crippen molar-refractivity contribution in [1.82, 2.24) is 10.2 Å². The minimum atomic E-state index is -0.0742. The summed E-state index contributed by atoms with van der Waals surface area (Å²) in [6.07, 6.45) is 5.17. The zero-order chi connectivity index (χ0) is 16.7. The van der Waals surface area contributed by atoms with E-state index >= 15 is 0 Å². The highest BCUT2D eigenvalue weighted by molar-refractivity contribution is 6.02. The molecule has 0 aromatic rings. The third kappa shape index (κ3) is 4.54. The van der Waals surface area contributed by atoms with Crippen molar-refractivity contribution in [2.24, 2.45) is 0 Å². The van der Waals surface area contributed by atoms with Gasteiger partial charge in [0, 0.05) is 39.5 Å². The van der Waals surface area contributed by atoms with Crippen LogP contribution in [0.3, 0.4) is 0 Å². The number of amides is 2. The molecule has 0 saturated heterocycles. The zero-order valence-corrected chi connectivity index (χ0v) is 14.2. The molecule has 1 fully saturated rings. The summed E-state index contributed by atoms with van der Waals surface area (Å²) >= 11 is 0. The normalized spacial score (nSPS) is 20.9. The lowest BCUT2D eigenvalue weighted by Gasteiger charge is -2.29. The van der Waals surface area contributed by atoms with Gasteiger partial charge in [-0.1, -0.05) is 6.42 Å². The van der Waals surface area contributed by atoms with E-state index in [1.807, 2.05) is 4.90 Å². The van der Waals surface area contributed by atoms with Crippen LogP contribution in [0.15, 0.2) is 11.1 Å². The number of fused-ring (bicyclic) bond motifs is 1. The summed E-state index contributed by atoms with van der Waals surface area (Å²) < 4.78 is 10.1. The predicted molar refractivity (Wildman–Crippen MR) is 87.0 cm³/mol. The quantitative estimate of drug-likeness (QED) is 0.648. The van der Waals surface area contributed by atoms with Gasteiger partial charge < -0.3 is 19.7 Å². The van der Waals surface area contributed by atoms with E-state index < -0.39 is 0 Å². The summed E-state index contributed by atoms with van der Waals surface area (Å²) in [4.78, 5) is 26.7. The Morgan fingerprint density at radius 2 is 2.04 bits per heavy atom. The molecule has 2 amide bonds. The third-order valence-corrected chi connectivity index (χ3v) is 4.58. The second-order valence-corrected chi connectivity index (χ2v) is 6.13. The number of nitrogens with one attached hydrogen (secondary N) is 1. The number of hydrogen-bond donors (Lipinski definition) is 1. The molecule has 2 rings (SSSR count). The van der Waals surface area contributed by atoms with Gasteiger partial charge in [0.05, 0.1) is 19.1 Å². The van der Waals surface area contributed by atoms with E-state index in [9.17, 15) is 9.59 Å². The van der Waals surface area contributed by atoms with Crippen LogP contribution in [0.1, 0.15) is 38.5 Å². The first kappa shape index (κ1) is 17.9. The summed E-state index contributed by atoms with van der Waals surface area (Å²) in [5, 5.41) is 2.87. The lowest BCUT2D eigenvalue weighted by atomic mass is 9.88. The average Bonchev–Trinajstić information content (AvgIpc) is 2.82. The van der Waals surface area contributed by atoms with Crippen LogP contribution in [-0.4, -0.2) is 63.3 Å². The molecule has 0 radical (unpaired) electrons. The van der Waals surface area contributed by atoms with E-state index in [2.05, 4.69) is 5.32 Å². The van der Waals surface area contributed by atoms with Gasteiger partial charge in [0.15, 0.2) is 0 Å². The fraction of sp³-hybridized carbons (Fsp3) is 0.765. The molecule has 6 heteroatoms. The van der Waals surface area contributed by atoms with E-state index in [-0.39, 0.29) is 24.3 Å². The van der Waals surface area contributed by atoms with E-state index in [0.29, 0.717) is 26.3 Å². The highest BCUT2D eigenvalue weighted by atomic mass is 16.5. The Morgan fingerprint density at radius 3 is 2.78 bits per heavy atom. The molecule has 1 atom stereocenters. The van der Waals surface area contributed by atoms with Crippen molar-refractivity contribution in [3.63, 3.8) is 0 Å². The molecule has 1 aliphatic carbocycles. The molecule has 2 aliphatic rings. The number of carbonyl (C=O) groups excluding carboxylic acids is 2. The molecule has 1 N–H and O–H groups in total. The van der Waals surface area contributed by atoms with Gasteiger partial charge in [0.25, 0.3) is 5.91 Å². The number of ether oxygens (including phenoxy) is 2. The smallest absolute Gasteiger partial charge is 0.250 e. The van der Waals surface area contributed by atoms with Crippen LogP contribution in [0, 0.1) is 0 Å². The monoisotopic (exact) mass is 324 g/mol. The first-order valence-electron chi connectivity index (χ1n) is 8.46. The van der Waals surface area contributed by atoms with Gasteiger partial charge in [-0.25, -0.2) is 0 Å². The highest BCUT2D eigenvalue weighted by Crippen LogP contribution is 2.37. The van der Waals surface area contributed by atoms with Crippen molar-refractivity contribution in [3.8, 4) is 0 Å². The largest absolute Gasteiger partial charge is 0.385 e. The second-order valence-electron chi connectivity index (χ2n) is 6.13. The van der Waals surface area contributed by atoms with Crippen LogP contribution in [0.5, 0.6) is 0 Å². The van der Waals surface area contributed by atoms with Gasteiger partial charge >= 0.3 is 0 Å². The number of nitrogens with zero attached hydrogens (tertiary/aromatic N) is 1. The van der Waals surface area contributed by atoms with Gasteiger partial charge in [-0.3, -0.25) is 9.59 Å². The first-order chi connectivity index (χ1) is 11.2. The van der Waals surface area contributed by atoms with Crippen molar-refractivity contribution in [2.45, 2.75) is 44.6 Å². The number of hydrogen-bond acceptors (Lipinski definition) is 4. The van der Waals surface area contributed by atoms with Crippen molar-refractivity contribution >= 4 is 11.8 Å². The van der Waals surface area contributed by atoms with E-state index in [0.717, 1.165) is 37.7 Å². The summed E-state index contributed by atoms with van der Waals surface area (Å²) in [6, 6.07) is 0.183. The lowest BCUT2D eigenvalue weighted by molar-refractivity contribution is -0.129. The maximum absolute atomic E-state index is 12.7. The highest BCUT2D eigenvalue weighted by Gasteiger charge is 2.39. The van der Waals surface area contributed by atoms with Crippen LogP contribution in [0.2, 0.25) is 0 Å². The second kappa shape index (κ2) is 9.03. The standard InChI is InChI=1S/C17H28N2O4/c1-22-10-5-8-18-16(20)12-14-13-6-3-4-7-15(13)19(17(14)21)9-11-23-2/h15H,3-12H2,1-2H3,(H,18,20). The molecule has 1 unspecified atom stereocenters. The van der Waals surface area contributed by atoms with E-state index in [1.54, 1.807) is 14.2 Å². The fourth-order valence-corrected chi connectivity index (χ4v) is 3.45. The SMILES string of the molecule is COCCCNC(=O)CC1=C2CCCCC2N(CCOC)C1=O. The molecule has 0 aromatic carbocycles. The lowest BCUT2D eigenvalue weighted by Crippen LogP contribution is -2.39. The van der Waals surface area contributed by atoms with Crippen LogP contribution in [-0.2, 0) is 19.1 Å². The molecule has 1 aliphatic heterocycles. The number of rotatable bonds is 9. The Morgan fingerprint density at radius 1 is 1.26 bits per heavy atom. The average molecular weight is 324 g/mol. The minimum absolute atomic E-state index is 0.0241. The molecule has 130 valence electrons. The molecule has 23 heavy (non-hydrogen) atoms. The predicted octanol–water partition coefficient (Wildman–Crippen LogP) is 1.26. The summed E-state index contributed by atoms with van der Waals surface area (Å²) in [6.45, 7) is 2.34. The van der Waals surface area contributed by atoms with Crippen molar-refractivity contribution < 1.29 is 19.1 Å². The van der Waals surface area contributed by atoms with Crippen molar-refractivity contribution in [3.05, 3.63) is 11.1 Å². The van der Waals surface area contributed by atoms with Gasteiger partial charge in [-0.15, -0.1) is 0 Å². The van der Waals surface area contributed by atoms with Crippen LogP contribution in [0.4, 0.5) is 0 Å². The molecule has 0 bridgehead atoms. The van der Waals surface area contributed by atoms with Gasteiger partial charge in [-0.2, -0.15) is 0 Å². The molecule has 0 aromatic heterocycles. The Bertz CT molecular complexity index is 462. The van der Waals surface area contributed by atoms with Crippen LogP contribution >= 0.6 is 0 Å². The number of methoxy groups -OCH3 is 2. The molecule has 6 nitrogen and oxygen atoms in total. The van der Waals surface area contributed by atoms with Gasteiger partial charge in [0.2, 0.25) is 5.91 Å². The molecule has 0 spiro atoms. The Balaban J connectivity index is 1.97. The minimum Gasteiger partial charge on any atom is -0.385 e. The van der Waals surface area contributed by atoms with Crippen LogP contribution < -0.4 is 5.32 Å². The first-order valence-corrected chi connectivity index (χ1v) is 8.46. The zero-order valence-electron chi connectivity index (χ0n) is 14.2. The summed E-state index contributed by atoms with van der Waals surface area (Å²) in [7, 11) is 3.29. The van der Waals surface area contributed by atoms with Gasteiger partial charge in [0.1, 0.15) is 0 Å². The third-order valence-electron chi connectivity index (χ3n) is 4.58. The van der Waals surface area contributed by atoms with E-state index in [1.165, 1.54) is 5.57 Å². The van der Waals surface area contributed by atoms with Crippen molar-refractivity contribution in [2.75, 3.05) is 40.5 Å². The maximum Gasteiger partial charge on any atom is 0.250 e. The molecular weight excluding hydrogens is 296 g/mol. The summed E-state index contributed by atoms with van der Waals surface area (Å²) in [5.74, 6) is -0.0501. The molecule has 1 saturated carbocycles. The maximum atomic E-state index is 12.7. The fourth-order valence-electron chi connectivity index (χ4n) is 3.45. The van der Waals surface area contributed by atoms with Crippen molar-refractivity contribution in [1.29, 1.82) is 0 Å². The topological polar surface area (TPSA) is 67.9 Å². The molecule has 1 heterocycles. The van der Waals surface area contributed by atoms with E-state index in [4.69, 9.17) is 9.47 Å². The van der Waals surface area contributed by atoms with Crippen LogP contribution in [0.25, 0.3) is 0 Å². The van der Waals surface area contributed by atoms with Gasteiger partial charge in [-0.05, 0) is 31.3 Å². The molecular formula is C17H28N2O4. The Kier molecular flexibility index (Phi) is 7.05. The Labute approximate surface area is 138 Å². The Hall–Kier alpha value is -1.40. The number of carbonyl (C=O) groups is 2.